The Morgan fingerprint density at radius 2 is 1.40 bits per heavy atom. The lowest BCUT2D eigenvalue weighted by Crippen LogP contribution is -2.11. The van der Waals surface area contributed by atoms with Crippen LogP contribution in [0, 0.1) is 0 Å². The molecule has 0 aliphatic heterocycles. The van der Waals surface area contributed by atoms with Crippen molar-refractivity contribution in [3.63, 3.8) is 0 Å². The summed E-state index contributed by atoms with van der Waals surface area (Å²) in [5.41, 5.74) is 3.60. The molecule has 3 N–H and O–H groups in total. The molecule has 0 aromatic heterocycles. The number of nitrogens with one attached hydrogen (secondary N) is 1. The van der Waals surface area contributed by atoms with Crippen LogP contribution in [0.3, 0.4) is 0 Å². The van der Waals surface area contributed by atoms with Gasteiger partial charge in [-0.3, -0.25) is 4.99 Å². The van der Waals surface area contributed by atoms with E-state index in [0.717, 1.165) is 16.9 Å². The van der Waals surface area contributed by atoms with Crippen LogP contribution in [0.5, 0.6) is 0 Å². The average molecular weight is 351 g/mol. The monoisotopic (exact) mass is 351 g/mol. The normalized spacial score (nSPS) is 11.6. The van der Waals surface area contributed by atoms with Gasteiger partial charge in [0.25, 0.3) is 0 Å². The number of sulfonamides is 1. The first-order valence-corrected chi connectivity index (χ1v) is 9.14. The summed E-state index contributed by atoms with van der Waals surface area (Å²) in [5.74, 6) is 0. The molecular weight excluding hydrogens is 334 g/mol. The van der Waals surface area contributed by atoms with Gasteiger partial charge in [0, 0.05) is 17.6 Å². The number of anilines is 2. The minimum Gasteiger partial charge on any atom is -0.356 e. The van der Waals surface area contributed by atoms with Crippen molar-refractivity contribution in [2.24, 2.45) is 10.1 Å². The third kappa shape index (κ3) is 4.76. The van der Waals surface area contributed by atoms with E-state index >= 15 is 0 Å². The maximum atomic E-state index is 11.2. The highest BCUT2D eigenvalue weighted by molar-refractivity contribution is 7.89. The van der Waals surface area contributed by atoms with Crippen LogP contribution in [-0.2, 0) is 10.0 Å². The van der Waals surface area contributed by atoms with Gasteiger partial charge in [-0.15, -0.1) is 0 Å². The van der Waals surface area contributed by atoms with Gasteiger partial charge in [-0.1, -0.05) is 30.3 Å². The summed E-state index contributed by atoms with van der Waals surface area (Å²) in [7, 11) is -3.68. The Labute approximate surface area is 146 Å². The van der Waals surface area contributed by atoms with E-state index in [-0.39, 0.29) is 4.90 Å². The van der Waals surface area contributed by atoms with Gasteiger partial charge >= 0.3 is 0 Å². The number of primary sulfonamides is 1. The van der Waals surface area contributed by atoms with Crippen LogP contribution in [0.25, 0.3) is 0 Å². The number of aliphatic imine (C=N–C) groups is 1. The first kappa shape index (κ1) is 16.9. The fourth-order valence-electron chi connectivity index (χ4n) is 2.21. The highest BCUT2D eigenvalue weighted by Gasteiger charge is 2.05. The molecule has 0 aliphatic rings. The summed E-state index contributed by atoms with van der Waals surface area (Å²) in [6.45, 7) is 0. The van der Waals surface area contributed by atoms with Gasteiger partial charge in [-0.2, -0.15) is 0 Å². The van der Waals surface area contributed by atoms with E-state index in [2.05, 4.69) is 10.3 Å². The van der Waals surface area contributed by atoms with E-state index in [4.69, 9.17) is 5.14 Å². The first-order chi connectivity index (χ1) is 12.0. The van der Waals surface area contributed by atoms with Crippen LogP contribution in [-0.4, -0.2) is 14.6 Å². The predicted octanol–water partition coefficient (Wildman–Crippen LogP) is 3.83. The zero-order chi connectivity index (χ0) is 17.7. The minimum atomic E-state index is -3.68. The zero-order valence-electron chi connectivity index (χ0n) is 13.3. The van der Waals surface area contributed by atoms with Crippen LogP contribution >= 0.6 is 0 Å². The molecule has 0 atom stereocenters. The van der Waals surface area contributed by atoms with Gasteiger partial charge in [0.15, 0.2) is 0 Å². The summed E-state index contributed by atoms with van der Waals surface area (Å²) in [6, 6.07) is 23.9. The summed E-state index contributed by atoms with van der Waals surface area (Å²) in [6.07, 6.45) is 1.72. The van der Waals surface area contributed by atoms with Gasteiger partial charge in [0.2, 0.25) is 10.0 Å². The maximum Gasteiger partial charge on any atom is 0.238 e. The van der Waals surface area contributed by atoms with E-state index in [1.54, 1.807) is 18.3 Å². The molecular formula is C19H17N3O2S. The van der Waals surface area contributed by atoms with Gasteiger partial charge in [0.1, 0.15) is 0 Å². The number of rotatable bonds is 5. The van der Waals surface area contributed by atoms with Crippen molar-refractivity contribution in [2.45, 2.75) is 4.90 Å². The Morgan fingerprint density at radius 1 is 0.800 bits per heavy atom. The third-order valence-corrected chi connectivity index (χ3v) is 4.43. The van der Waals surface area contributed by atoms with Crippen LogP contribution in [0.1, 0.15) is 5.56 Å². The van der Waals surface area contributed by atoms with Gasteiger partial charge in [-0.25, -0.2) is 13.6 Å². The van der Waals surface area contributed by atoms with Gasteiger partial charge in [0.05, 0.1) is 10.6 Å². The Balaban J connectivity index is 1.67. The molecule has 0 amide bonds. The lowest BCUT2D eigenvalue weighted by Gasteiger charge is -2.06. The minimum absolute atomic E-state index is 0.0720. The molecule has 0 fully saturated rings. The van der Waals surface area contributed by atoms with Crippen molar-refractivity contribution in [1.29, 1.82) is 0 Å². The lowest BCUT2D eigenvalue weighted by atomic mass is 10.2. The van der Waals surface area contributed by atoms with Gasteiger partial charge < -0.3 is 5.32 Å². The van der Waals surface area contributed by atoms with E-state index in [9.17, 15) is 8.42 Å². The molecule has 3 aromatic rings. The lowest BCUT2D eigenvalue weighted by molar-refractivity contribution is 0.598. The Bertz CT molecular complexity index is 965. The van der Waals surface area contributed by atoms with E-state index in [1.165, 1.54) is 12.1 Å². The number of benzene rings is 3. The standard InChI is InChI=1S/C19H17N3O2S/c20-25(23,24)19-12-10-16(11-13-19)21-14-15-6-8-18(9-7-15)22-17-4-2-1-3-5-17/h1-14,22H,(H2,20,23,24). The first-order valence-electron chi connectivity index (χ1n) is 7.60. The van der Waals surface area contributed by atoms with E-state index in [1.807, 2.05) is 54.6 Å². The molecule has 5 nitrogen and oxygen atoms in total. The number of para-hydroxylation sites is 1. The van der Waals surface area contributed by atoms with Gasteiger partial charge in [-0.05, 0) is 54.1 Å². The summed E-state index contributed by atoms with van der Waals surface area (Å²) < 4.78 is 22.4. The Kier molecular flexibility index (Phi) is 4.92. The van der Waals surface area contributed by atoms with Crippen LogP contribution < -0.4 is 10.5 Å². The number of nitrogens with two attached hydrogens (primary N) is 1. The molecule has 126 valence electrons. The fraction of sp³-hybridized carbons (Fsp3) is 0. The van der Waals surface area contributed by atoms with Crippen molar-refractivity contribution in [3.8, 4) is 0 Å². The summed E-state index contributed by atoms with van der Waals surface area (Å²) in [4.78, 5) is 4.40. The van der Waals surface area contributed by atoms with Crippen LogP contribution in [0.2, 0.25) is 0 Å². The molecule has 0 saturated heterocycles. The Hall–Kier alpha value is -2.96. The smallest absolute Gasteiger partial charge is 0.238 e. The maximum absolute atomic E-state index is 11.2. The summed E-state index contributed by atoms with van der Waals surface area (Å²) in [5, 5.41) is 8.38. The molecule has 0 bridgehead atoms. The molecule has 6 heteroatoms. The fourth-order valence-corrected chi connectivity index (χ4v) is 2.73. The molecule has 0 unspecified atom stereocenters. The highest BCUT2D eigenvalue weighted by atomic mass is 32.2. The van der Waals surface area contributed by atoms with E-state index < -0.39 is 10.0 Å². The predicted molar refractivity (Wildman–Crippen MR) is 101 cm³/mol. The molecule has 0 radical (unpaired) electrons. The van der Waals surface area contributed by atoms with Crippen molar-refractivity contribution < 1.29 is 8.42 Å². The molecule has 25 heavy (non-hydrogen) atoms. The number of hydrogen-bond donors (Lipinski definition) is 2. The molecule has 3 rings (SSSR count). The summed E-state index contributed by atoms with van der Waals surface area (Å²) >= 11 is 0. The second-order valence-electron chi connectivity index (χ2n) is 5.41. The van der Waals surface area contributed by atoms with Crippen molar-refractivity contribution in [3.05, 3.63) is 84.4 Å². The SMILES string of the molecule is NS(=O)(=O)c1ccc(N=Cc2ccc(Nc3ccccc3)cc2)cc1. The van der Waals surface area contributed by atoms with Crippen molar-refractivity contribution in [2.75, 3.05) is 5.32 Å². The third-order valence-electron chi connectivity index (χ3n) is 3.50. The second kappa shape index (κ2) is 7.29. The quantitative estimate of drug-likeness (QED) is 0.685. The highest BCUT2D eigenvalue weighted by Crippen LogP contribution is 2.18. The molecule has 0 heterocycles. The molecule has 0 spiro atoms. The molecule has 0 saturated carbocycles. The van der Waals surface area contributed by atoms with E-state index in [0.29, 0.717) is 5.69 Å². The second-order valence-corrected chi connectivity index (χ2v) is 6.97. The van der Waals surface area contributed by atoms with Crippen LogP contribution in [0.15, 0.2) is 88.8 Å². The largest absolute Gasteiger partial charge is 0.356 e. The van der Waals surface area contributed by atoms with Crippen molar-refractivity contribution in [1.82, 2.24) is 0 Å². The topological polar surface area (TPSA) is 84.6 Å². The number of nitrogens with zero attached hydrogens (tertiary/aromatic N) is 1. The Morgan fingerprint density at radius 3 is 2.00 bits per heavy atom. The van der Waals surface area contributed by atoms with Crippen molar-refractivity contribution >= 4 is 33.3 Å². The average Bonchev–Trinajstić information content (AvgIpc) is 2.62. The van der Waals surface area contributed by atoms with Crippen LogP contribution in [0.4, 0.5) is 17.1 Å². The zero-order valence-corrected chi connectivity index (χ0v) is 14.1. The molecule has 0 aliphatic carbocycles. The molecule has 3 aromatic carbocycles. The number of hydrogen-bond acceptors (Lipinski definition) is 4.